The molecule has 0 spiro atoms. The highest BCUT2D eigenvalue weighted by molar-refractivity contribution is 5.73. The van der Waals surface area contributed by atoms with Crippen LogP contribution in [0.3, 0.4) is 0 Å². The molecule has 126 valence electrons. The van der Waals surface area contributed by atoms with E-state index in [1.165, 1.54) is 11.1 Å². The van der Waals surface area contributed by atoms with Gasteiger partial charge in [-0.05, 0) is 12.5 Å². The van der Waals surface area contributed by atoms with Crippen molar-refractivity contribution in [1.82, 2.24) is 14.9 Å². The number of nitrogens with zero attached hydrogens (tertiary/aromatic N) is 4. The molecule has 6 nitrogen and oxygen atoms in total. The normalized spacial score (nSPS) is 14.6. The van der Waals surface area contributed by atoms with E-state index in [4.69, 9.17) is 0 Å². The van der Waals surface area contributed by atoms with Crippen LogP contribution in [0.2, 0.25) is 0 Å². The van der Waals surface area contributed by atoms with E-state index in [-0.39, 0.29) is 5.91 Å². The number of carbonyl (C=O) groups excluding carboxylic acids is 1. The van der Waals surface area contributed by atoms with E-state index in [9.17, 15) is 4.79 Å². The number of aromatic nitrogens is 2. The van der Waals surface area contributed by atoms with Gasteiger partial charge in [-0.15, -0.1) is 0 Å². The van der Waals surface area contributed by atoms with Crippen molar-refractivity contribution in [2.75, 3.05) is 36.4 Å². The minimum Gasteiger partial charge on any atom is -0.366 e. The van der Waals surface area contributed by atoms with E-state index in [0.29, 0.717) is 0 Å². The molecular formula is C18H23N5O. The van der Waals surface area contributed by atoms with Crippen LogP contribution in [-0.4, -0.2) is 47.0 Å². The average molecular weight is 325 g/mol. The van der Waals surface area contributed by atoms with E-state index >= 15 is 0 Å². The third-order valence-corrected chi connectivity index (χ3v) is 4.30. The molecule has 1 aliphatic rings. The van der Waals surface area contributed by atoms with E-state index in [1.807, 2.05) is 11.0 Å². The second kappa shape index (κ2) is 7.29. The molecular weight excluding hydrogens is 302 g/mol. The molecule has 0 atom stereocenters. The van der Waals surface area contributed by atoms with Crippen LogP contribution in [0.25, 0.3) is 0 Å². The number of benzene rings is 1. The van der Waals surface area contributed by atoms with Gasteiger partial charge in [0.15, 0.2) is 0 Å². The molecule has 0 unspecified atom stereocenters. The molecule has 1 amide bonds. The number of hydrogen-bond donors (Lipinski definition) is 1. The molecule has 1 aromatic heterocycles. The van der Waals surface area contributed by atoms with Gasteiger partial charge in [-0.1, -0.05) is 29.8 Å². The second-order valence-corrected chi connectivity index (χ2v) is 6.09. The smallest absolute Gasteiger partial charge is 0.219 e. The van der Waals surface area contributed by atoms with Crippen LogP contribution in [0.1, 0.15) is 18.1 Å². The van der Waals surface area contributed by atoms with Gasteiger partial charge in [0, 0.05) is 45.7 Å². The highest BCUT2D eigenvalue weighted by Crippen LogP contribution is 2.17. The Morgan fingerprint density at radius 2 is 1.83 bits per heavy atom. The summed E-state index contributed by atoms with van der Waals surface area (Å²) in [6.45, 7) is 7.51. The summed E-state index contributed by atoms with van der Waals surface area (Å²) in [7, 11) is 0. The van der Waals surface area contributed by atoms with E-state index < -0.39 is 0 Å². The number of amides is 1. The third-order valence-electron chi connectivity index (χ3n) is 4.30. The van der Waals surface area contributed by atoms with Crippen LogP contribution in [0, 0.1) is 6.92 Å². The first-order valence-electron chi connectivity index (χ1n) is 8.24. The van der Waals surface area contributed by atoms with Gasteiger partial charge in [0.1, 0.15) is 18.0 Å². The zero-order valence-corrected chi connectivity index (χ0v) is 14.2. The fraction of sp³-hybridized carbons (Fsp3) is 0.389. The fourth-order valence-electron chi connectivity index (χ4n) is 2.77. The Morgan fingerprint density at radius 1 is 1.12 bits per heavy atom. The lowest BCUT2D eigenvalue weighted by Gasteiger charge is -2.34. The fourth-order valence-corrected chi connectivity index (χ4v) is 2.77. The predicted octanol–water partition coefficient (Wildman–Crippen LogP) is 2.07. The minimum absolute atomic E-state index is 0.137. The molecule has 24 heavy (non-hydrogen) atoms. The van der Waals surface area contributed by atoms with Crippen molar-refractivity contribution < 1.29 is 4.79 Å². The lowest BCUT2D eigenvalue weighted by molar-refractivity contribution is -0.129. The summed E-state index contributed by atoms with van der Waals surface area (Å²) in [6, 6.07) is 10.4. The van der Waals surface area contributed by atoms with Gasteiger partial charge in [-0.3, -0.25) is 4.79 Å². The molecule has 1 aromatic carbocycles. The number of rotatable bonds is 4. The maximum Gasteiger partial charge on any atom is 0.219 e. The van der Waals surface area contributed by atoms with E-state index in [2.05, 4.69) is 51.4 Å². The predicted molar refractivity (Wildman–Crippen MR) is 95.0 cm³/mol. The van der Waals surface area contributed by atoms with Crippen molar-refractivity contribution in [3.63, 3.8) is 0 Å². The van der Waals surface area contributed by atoms with E-state index in [0.717, 1.165) is 44.4 Å². The highest BCUT2D eigenvalue weighted by atomic mass is 16.2. The summed E-state index contributed by atoms with van der Waals surface area (Å²) in [5.41, 5.74) is 2.48. The van der Waals surface area contributed by atoms with Gasteiger partial charge < -0.3 is 15.1 Å². The van der Waals surface area contributed by atoms with Crippen LogP contribution in [0.15, 0.2) is 36.7 Å². The molecule has 0 saturated carbocycles. The SMILES string of the molecule is CC(=O)N1CCN(c2cc(NCc3ccc(C)cc3)ncn2)CC1. The molecule has 0 radical (unpaired) electrons. The Labute approximate surface area is 142 Å². The van der Waals surface area contributed by atoms with Crippen molar-refractivity contribution in [2.24, 2.45) is 0 Å². The monoisotopic (exact) mass is 325 g/mol. The Hall–Kier alpha value is -2.63. The van der Waals surface area contributed by atoms with Gasteiger partial charge in [0.25, 0.3) is 0 Å². The number of aryl methyl sites for hydroxylation is 1. The molecule has 0 aliphatic carbocycles. The molecule has 2 aromatic rings. The maximum atomic E-state index is 11.4. The molecule has 1 aliphatic heterocycles. The van der Waals surface area contributed by atoms with Crippen molar-refractivity contribution in [3.8, 4) is 0 Å². The zero-order valence-electron chi connectivity index (χ0n) is 14.2. The van der Waals surface area contributed by atoms with Gasteiger partial charge in [-0.25, -0.2) is 9.97 Å². The topological polar surface area (TPSA) is 61.4 Å². The Balaban J connectivity index is 1.60. The van der Waals surface area contributed by atoms with Crippen LogP contribution in [0.5, 0.6) is 0 Å². The lowest BCUT2D eigenvalue weighted by Crippen LogP contribution is -2.48. The number of hydrogen-bond acceptors (Lipinski definition) is 5. The van der Waals surface area contributed by atoms with Crippen LogP contribution >= 0.6 is 0 Å². The minimum atomic E-state index is 0.137. The number of carbonyl (C=O) groups is 1. The molecule has 1 N–H and O–H groups in total. The lowest BCUT2D eigenvalue weighted by atomic mass is 10.1. The summed E-state index contributed by atoms with van der Waals surface area (Å²) in [6.07, 6.45) is 1.59. The molecule has 2 heterocycles. The van der Waals surface area contributed by atoms with Crippen molar-refractivity contribution in [2.45, 2.75) is 20.4 Å². The first-order chi connectivity index (χ1) is 11.6. The number of anilines is 2. The standard InChI is InChI=1S/C18H23N5O/c1-14-3-5-16(6-4-14)12-19-17-11-18(21-13-20-17)23-9-7-22(8-10-23)15(2)24/h3-6,11,13H,7-10,12H2,1-2H3,(H,19,20,21). The quantitative estimate of drug-likeness (QED) is 0.932. The Bertz CT molecular complexity index is 693. The number of piperazine rings is 1. The Morgan fingerprint density at radius 3 is 2.50 bits per heavy atom. The first-order valence-corrected chi connectivity index (χ1v) is 8.24. The van der Waals surface area contributed by atoms with E-state index in [1.54, 1.807) is 13.3 Å². The second-order valence-electron chi connectivity index (χ2n) is 6.09. The van der Waals surface area contributed by atoms with Gasteiger partial charge in [0.2, 0.25) is 5.91 Å². The van der Waals surface area contributed by atoms with Crippen LogP contribution in [0.4, 0.5) is 11.6 Å². The van der Waals surface area contributed by atoms with Crippen molar-refractivity contribution >= 4 is 17.5 Å². The maximum absolute atomic E-state index is 11.4. The number of nitrogens with one attached hydrogen (secondary N) is 1. The van der Waals surface area contributed by atoms with Crippen LogP contribution < -0.4 is 10.2 Å². The highest BCUT2D eigenvalue weighted by Gasteiger charge is 2.19. The first kappa shape index (κ1) is 16.2. The summed E-state index contributed by atoms with van der Waals surface area (Å²) < 4.78 is 0. The molecule has 0 bridgehead atoms. The Kier molecular flexibility index (Phi) is 4.93. The van der Waals surface area contributed by atoms with Gasteiger partial charge in [0.05, 0.1) is 0 Å². The molecule has 1 fully saturated rings. The molecule has 3 rings (SSSR count). The molecule has 1 saturated heterocycles. The summed E-state index contributed by atoms with van der Waals surface area (Å²) >= 11 is 0. The average Bonchev–Trinajstić information content (AvgIpc) is 2.61. The van der Waals surface area contributed by atoms with Crippen molar-refractivity contribution in [3.05, 3.63) is 47.8 Å². The summed E-state index contributed by atoms with van der Waals surface area (Å²) in [5.74, 6) is 1.85. The zero-order chi connectivity index (χ0) is 16.9. The third kappa shape index (κ3) is 4.01. The molecule has 6 heteroatoms. The summed E-state index contributed by atoms with van der Waals surface area (Å²) in [5, 5.41) is 3.34. The van der Waals surface area contributed by atoms with Crippen LogP contribution in [-0.2, 0) is 11.3 Å². The van der Waals surface area contributed by atoms with Gasteiger partial charge in [-0.2, -0.15) is 0 Å². The largest absolute Gasteiger partial charge is 0.366 e. The summed E-state index contributed by atoms with van der Waals surface area (Å²) in [4.78, 5) is 24.1. The van der Waals surface area contributed by atoms with Gasteiger partial charge >= 0.3 is 0 Å². The van der Waals surface area contributed by atoms with Crippen molar-refractivity contribution in [1.29, 1.82) is 0 Å².